The van der Waals surface area contributed by atoms with Gasteiger partial charge in [-0.25, -0.2) is 8.42 Å². The van der Waals surface area contributed by atoms with Gasteiger partial charge < -0.3 is 0 Å². The van der Waals surface area contributed by atoms with Crippen LogP contribution in [0.5, 0.6) is 0 Å². The molecule has 0 bridgehead atoms. The minimum absolute atomic E-state index is 0.0768. The Kier molecular flexibility index (Phi) is 5.65. The molecule has 0 aromatic heterocycles. The van der Waals surface area contributed by atoms with Gasteiger partial charge in [-0.2, -0.15) is 0 Å². The second-order valence-corrected chi connectivity index (χ2v) is 11.6. The highest BCUT2D eigenvalue weighted by Crippen LogP contribution is 2.47. The molecule has 1 saturated carbocycles. The zero-order valence-electron chi connectivity index (χ0n) is 17.3. The predicted molar refractivity (Wildman–Crippen MR) is 118 cm³/mol. The molecule has 1 fully saturated rings. The van der Waals surface area contributed by atoms with Crippen LogP contribution in [0.4, 0.5) is 0 Å². The van der Waals surface area contributed by atoms with E-state index in [4.69, 9.17) is 0 Å². The third-order valence-electron chi connectivity index (χ3n) is 6.86. The number of hydrogen-bond donors (Lipinski definition) is 0. The average Bonchev–Trinajstić information content (AvgIpc) is 3.02. The molecule has 0 atom stereocenters. The van der Waals surface area contributed by atoms with Crippen molar-refractivity contribution < 1.29 is 13.2 Å². The summed E-state index contributed by atoms with van der Waals surface area (Å²) in [6, 6.07) is 16.9. The van der Waals surface area contributed by atoms with E-state index in [9.17, 15) is 13.2 Å². The molecular weight excluding hydrogens is 380 g/mol. The summed E-state index contributed by atoms with van der Waals surface area (Å²) in [6.45, 7) is 3.50. The van der Waals surface area contributed by atoms with E-state index in [1.807, 2.05) is 0 Å². The highest BCUT2D eigenvalue weighted by Gasteiger charge is 2.34. The summed E-state index contributed by atoms with van der Waals surface area (Å²) in [5.74, 6) is 1.04. The summed E-state index contributed by atoms with van der Waals surface area (Å²) in [7, 11) is -3.01. The summed E-state index contributed by atoms with van der Waals surface area (Å²) in [5, 5.41) is -0.315. The third kappa shape index (κ3) is 4.05. The fourth-order valence-corrected chi connectivity index (χ4v) is 6.39. The predicted octanol–water partition coefficient (Wildman–Crippen LogP) is 5.39. The number of ketones is 1. The molecule has 0 saturated heterocycles. The number of hydrogen-bond acceptors (Lipinski definition) is 3. The van der Waals surface area contributed by atoms with Gasteiger partial charge in [-0.3, -0.25) is 4.79 Å². The Balaban J connectivity index is 1.42. The Labute approximate surface area is 174 Å². The van der Waals surface area contributed by atoms with Crippen molar-refractivity contribution in [3.05, 3.63) is 59.7 Å². The SMILES string of the molecule is CC(C)S(=O)(=O)CC1CCC(C(=O)CC2c3ccccc3-c3ccccc32)CC1. The maximum absolute atomic E-state index is 13.2. The Morgan fingerprint density at radius 2 is 1.41 bits per heavy atom. The van der Waals surface area contributed by atoms with Gasteiger partial charge in [0.15, 0.2) is 9.84 Å². The number of benzene rings is 2. The number of sulfone groups is 1. The summed E-state index contributed by atoms with van der Waals surface area (Å²) >= 11 is 0. The molecular formula is C25H30O3S. The van der Waals surface area contributed by atoms with Crippen LogP contribution in [0.3, 0.4) is 0 Å². The second kappa shape index (κ2) is 8.06. The largest absolute Gasteiger partial charge is 0.299 e. The number of fused-ring (bicyclic) bond motifs is 3. The Bertz CT molecular complexity index is 953. The van der Waals surface area contributed by atoms with Gasteiger partial charge in [0.2, 0.25) is 0 Å². The van der Waals surface area contributed by atoms with Gasteiger partial charge in [0.05, 0.1) is 11.0 Å². The van der Waals surface area contributed by atoms with Crippen LogP contribution >= 0.6 is 0 Å². The van der Waals surface area contributed by atoms with Gasteiger partial charge in [0.1, 0.15) is 5.78 Å². The third-order valence-corrected chi connectivity index (χ3v) is 9.23. The van der Waals surface area contributed by atoms with Crippen molar-refractivity contribution in [1.82, 2.24) is 0 Å². The summed E-state index contributed by atoms with van der Waals surface area (Å²) in [6.07, 6.45) is 3.90. The maximum atomic E-state index is 13.2. The first-order valence-corrected chi connectivity index (χ1v) is 12.5. The van der Waals surface area contributed by atoms with Crippen LogP contribution in [0, 0.1) is 11.8 Å². The lowest BCUT2D eigenvalue weighted by Crippen LogP contribution is -2.29. The molecule has 2 aromatic carbocycles. The van der Waals surface area contributed by atoms with Crippen molar-refractivity contribution in [2.45, 2.75) is 57.1 Å². The Morgan fingerprint density at radius 1 is 0.897 bits per heavy atom. The zero-order chi connectivity index (χ0) is 20.6. The highest BCUT2D eigenvalue weighted by molar-refractivity contribution is 7.91. The smallest absolute Gasteiger partial charge is 0.152 e. The van der Waals surface area contributed by atoms with Gasteiger partial charge in [-0.05, 0) is 67.7 Å². The van der Waals surface area contributed by atoms with Crippen LogP contribution in [-0.4, -0.2) is 25.2 Å². The van der Waals surface area contributed by atoms with Crippen LogP contribution in [-0.2, 0) is 14.6 Å². The first kappa shape index (κ1) is 20.3. The first-order valence-electron chi connectivity index (χ1n) is 10.8. The van der Waals surface area contributed by atoms with Crippen LogP contribution in [0.15, 0.2) is 48.5 Å². The van der Waals surface area contributed by atoms with E-state index in [0.717, 1.165) is 25.7 Å². The quantitative estimate of drug-likeness (QED) is 0.642. The van der Waals surface area contributed by atoms with Gasteiger partial charge in [-0.1, -0.05) is 48.5 Å². The van der Waals surface area contributed by atoms with Crippen molar-refractivity contribution in [3.8, 4) is 11.1 Å². The van der Waals surface area contributed by atoms with Gasteiger partial charge >= 0.3 is 0 Å². The van der Waals surface area contributed by atoms with E-state index >= 15 is 0 Å². The highest BCUT2D eigenvalue weighted by atomic mass is 32.2. The van der Waals surface area contributed by atoms with E-state index in [0.29, 0.717) is 12.2 Å². The molecule has 154 valence electrons. The first-order chi connectivity index (χ1) is 13.9. The summed E-state index contributed by atoms with van der Waals surface area (Å²) < 4.78 is 24.4. The molecule has 0 N–H and O–H groups in total. The Hall–Kier alpha value is -1.94. The van der Waals surface area contributed by atoms with E-state index in [1.54, 1.807) is 13.8 Å². The number of carbonyl (C=O) groups excluding carboxylic acids is 1. The van der Waals surface area contributed by atoms with E-state index < -0.39 is 9.84 Å². The minimum Gasteiger partial charge on any atom is -0.299 e. The van der Waals surface area contributed by atoms with Crippen molar-refractivity contribution in [2.75, 3.05) is 5.75 Å². The molecule has 2 aromatic rings. The van der Waals surface area contributed by atoms with Crippen LogP contribution < -0.4 is 0 Å². The lowest BCUT2D eigenvalue weighted by Gasteiger charge is -2.28. The monoisotopic (exact) mass is 410 g/mol. The number of rotatable bonds is 6. The summed E-state index contributed by atoms with van der Waals surface area (Å²) in [4.78, 5) is 13.2. The lowest BCUT2D eigenvalue weighted by molar-refractivity contribution is -0.124. The molecule has 0 radical (unpaired) electrons. The molecule has 0 aliphatic heterocycles. The zero-order valence-corrected chi connectivity index (χ0v) is 18.1. The minimum atomic E-state index is -3.01. The van der Waals surface area contributed by atoms with Crippen molar-refractivity contribution >= 4 is 15.6 Å². The molecule has 0 amide bonds. The molecule has 0 heterocycles. The van der Waals surface area contributed by atoms with Gasteiger partial charge in [0.25, 0.3) is 0 Å². The Morgan fingerprint density at radius 3 is 1.93 bits per heavy atom. The fourth-order valence-electron chi connectivity index (χ4n) is 5.02. The molecule has 3 nitrogen and oxygen atoms in total. The van der Waals surface area contributed by atoms with Crippen LogP contribution in [0.25, 0.3) is 11.1 Å². The summed E-state index contributed by atoms with van der Waals surface area (Å²) in [5.41, 5.74) is 5.03. The normalized spacial score (nSPS) is 21.8. The van der Waals surface area contributed by atoms with Crippen LogP contribution in [0.1, 0.15) is 63.0 Å². The molecule has 0 spiro atoms. The van der Waals surface area contributed by atoms with Gasteiger partial charge in [0, 0.05) is 18.3 Å². The standard InChI is InChI=1S/C25H30O3S/c1-17(2)29(27,28)16-18-11-13-19(14-12-18)25(26)15-24-22-9-5-3-7-20(22)21-8-4-6-10-23(21)24/h3-10,17-19,24H,11-16H2,1-2H3. The van der Waals surface area contributed by atoms with Crippen molar-refractivity contribution in [2.24, 2.45) is 11.8 Å². The fraction of sp³-hybridized carbons (Fsp3) is 0.480. The van der Waals surface area contributed by atoms with E-state index in [2.05, 4.69) is 48.5 Å². The van der Waals surface area contributed by atoms with E-state index in [1.165, 1.54) is 22.3 Å². The molecule has 4 rings (SSSR count). The van der Waals surface area contributed by atoms with Gasteiger partial charge in [-0.15, -0.1) is 0 Å². The average molecular weight is 411 g/mol. The second-order valence-electron chi connectivity index (χ2n) is 8.99. The van der Waals surface area contributed by atoms with Crippen molar-refractivity contribution in [1.29, 1.82) is 0 Å². The molecule has 0 unspecified atom stereocenters. The number of Topliss-reactive ketones (excluding diaryl/α,β-unsaturated/α-hetero) is 1. The number of carbonyl (C=O) groups is 1. The molecule has 4 heteroatoms. The molecule has 2 aliphatic carbocycles. The lowest BCUT2D eigenvalue weighted by atomic mass is 9.78. The van der Waals surface area contributed by atoms with Crippen LogP contribution in [0.2, 0.25) is 0 Å². The molecule has 29 heavy (non-hydrogen) atoms. The molecule has 2 aliphatic rings. The van der Waals surface area contributed by atoms with Crippen molar-refractivity contribution in [3.63, 3.8) is 0 Å². The maximum Gasteiger partial charge on any atom is 0.152 e. The topological polar surface area (TPSA) is 51.2 Å². The van der Waals surface area contributed by atoms with E-state index in [-0.39, 0.29) is 28.8 Å².